The van der Waals surface area contributed by atoms with Gasteiger partial charge in [-0.1, -0.05) is 34.6 Å². The summed E-state index contributed by atoms with van der Waals surface area (Å²) in [6.45, 7) is 2.74. The Bertz CT molecular complexity index is 1550. The molecule has 0 amide bonds. The van der Waals surface area contributed by atoms with Gasteiger partial charge in [0.2, 0.25) is 18.5 Å². The lowest BCUT2D eigenvalue weighted by atomic mass is 10.1. The van der Waals surface area contributed by atoms with Crippen molar-refractivity contribution in [3.05, 3.63) is 76.2 Å². The average Bonchev–Trinajstić information content (AvgIpc) is 3.57. The van der Waals surface area contributed by atoms with E-state index in [1.807, 2.05) is 37.3 Å². The first kappa shape index (κ1) is 19.2. The van der Waals surface area contributed by atoms with Crippen molar-refractivity contribution in [3.8, 4) is 22.9 Å². The van der Waals surface area contributed by atoms with E-state index in [2.05, 4.69) is 25.4 Å². The fourth-order valence-electron chi connectivity index (χ4n) is 3.67. The van der Waals surface area contributed by atoms with Gasteiger partial charge in [0.1, 0.15) is 12.9 Å². The second-order valence-corrected chi connectivity index (χ2v) is 7.60. The van der Waals surface area contributed by atoms with Gasteiger partial charge in [0.25, 0.3) is 5.56 Å². The number of aromatic nitrogens is 7. The molecule has 0 atom stereocenters. The first-order chi connectivity index (χ1) is 16.2. The van der Waals surface area contributed by atoms with E-state index in [1.54, 1.807) is 16.8 Å². The van der Waals surface area contributed by atoms with Gasteiger partial charge in [-0.25, -0.2) is 9.67 Å². The lowest BCUT2D eigenvalue weighted by Crippen LogP contribution is -2.21. The molecule has 164 valence electrons. The van der Waals surface area contributed by atoms with Gasteiger partial charge >= 0.3 is 0 Å². The highest BCUT2D eigenvalue weighted by molar-refractivity contribution is 5.68. The molecule has 33 heavy (non-hydrogen) atoms. The lowest BCUT2D eigenvalue weighted by molar-refractivity contribution is 0.174. The molecule has 2 aromatic carbocycles. The summed E-state index contributed by atoms with van der Waals surface area (Å²) in [6.07, 6.45) is 1.44. The number of fused-ring (bicyclic) bond motifs is 2. The zero-order chi connectivity index (χ0) is 22.4. The molecular weight excluding hydrogens is 426 g/mol. The van der Waals surface area contributed by atoms with Crippen molar-refractivity contribution in [2.24, 2.45) is 0 Å². The topological polar surface area (TPSA) is 123 Å². The third-order valence-electron chi connectivity index (χ3n) is 5.48. The van der Waals surface area contributed by atoms with Crippen molar-refractivity contribution >= 4 is 11.2 Å². The summed E-state index contributed by atoms with van der Waals surface area (Å²) >= 11 is 0. The van der Waals surface area contributed by atoms with E-state index in [4.69, 9.17) is 14.0 Å². The Labute approximate surface area is 186 Å². The number of aryl methyl sites for hydroxylation is 1. The van der Waals surface area contributed by atoms with Crippen LogP contribution in [-0.2, 0) is 13.1 Å². The molecule has 0 saturated carbocycles. The fourth-order valence-corrected chi connectivity index (χ4v) is 3.67. The SMILES string of the molecule is Cc1ccccc1Cn1nnc2c(=O)n(Cc3nc(-c4ccc5c(c4)OCO5)no3)cnc21. The molecule has 1 aliphatic rings. The normalized spacial score (nSPS) is 12.5. The van der Waals surface area contributed by atoms with Crippen LogP contribution in [0.2, 0.25) is 0 Å². The first-order valence-corrected chi connectivity index (χ1v) is 10.2. The molecule has 5 aromatic rings. The van der Waals surface area contributed by atoms with E-state index in [-0.39, 0.29) is 30.3 Å². The smallest absolute Gasteiger partial charge is 0.283 e. The zero-order valence-electron chi connectivity index (χ0n) is 17.5. The summed E-state index contributed by atoms with van der Waals surface area (Å²) in [7, 11) is 0. The molecule has 0 spiro atoms. The largest absolute Gasteiger partial charge is 0.454 e. The number of hydrogen-bond donors (Lipinski definition) is 0. The highest BCUT2D eigenvalue weighted by Crippen LogP contribution is 2.35. The predicted octanol–water partition coefficient (Wildman–Crippen LogP) is 2.17. The summed E-state index contributed by atoms with van der Waals surface area (Å²) < 4.78 is 19.0. The van der Waals surface area contributed by atoms with Crippen molar-refractivity contribution < 1.29 is 14.0 Å². The minimum Gasteiger partial charge on any atom is -0.454 e. The van der Waals surface area contributed by atoms with Crippen LogP contribution in [0.4, 0.5) is 0 Å². The van der Waals surface area contributed by atoms with Gasteiger partial charge in [-0.3, -0.25) is 9.36 Å². The van der Waals surface area contributed by atoms with Gasteiger partial charge in [0.05, 0.1) is 6.54 Å². The van der Waals surface area contributed by atoms with Gasteiger partial charge in [-0.15, -0.1) is 5.10 Å². The Morgan fingerprint density at radius 1 is 1.06 bits per heavy atom. The summed E-state index contributed by atoms with van der Waals surface area (Å²) in [5.41, 5.74) is 3.20. The van der Waals surface area contributed by atoms with Crippen LogP contribution in [0.5, 0.6) is 11.5 Å². The van der Waals surface area contributed by atoms with Gasteiger partial charge in [0, 0.05) is 5.56 Å². The molecular formula is C22H17N7O4. The van der Waals surface area contributed by atoms with E-state index in [9.17, 15) is 4.79 Å². The highest BCUT2D eigenvalue weighted by atomic mass is 16.7. The minimum atomic E-state index is -0.334. The van der Waals surface area contributed by atoms with Crippen molar-refractivity contribution in [3.63, 3.8) is 0 Å². The maximum Gasteiger partial charge on any atom is 0.283 e. The molecule has 0 aliphatic carbocycles. The molecule has 6 rings (SSSR count). The van der Waals surface area contributed by atoms with Crippen molar-refractivity contribution in [1.82, 2.24) is 34.7 Å². The second kappa shape index (κ2) is 7.55. The molecule has 4 heterocycles. The standard InChI is InChI=1S/C22H17N7O4/c1-13-4-2-3-5-15(13)9-29-21-19(25-27-29)22(30)28(11-23-21)10-18-24-20(26-33-18)14-6-7-16-17(8-14)32-12-31-16/h2-8,11H,9-10,12H2,1H3. The summed E-state index contributed by atoms with van der Waals surface area (Å²) in [6, 6.07) is 13.4. The van der Waals surface area contributed by atoms with E-state index in [1.165, 1.54) is 10.9 Å². The summed E-state index contributed by atoms with van der Waals surface area (Å²) in [5.74, 6) is 1.94. The lowest BCUT2D eigenvalue weighted by Gasteiger charge is -2.06. The van der Waals surface area contributed by atoms with Crippen LogP contribution in [0.3, 0.4) is 0 Å². The van der Waals surface area contributed by atoms with Gasteiger partial charge < -0.3 is 14.0 Å². The van der Waals surface area contributed by atoms with E-state index >= 15 is 0 Å². The highest BCUT2D eigenvalue weighted by Gasteiger charge is 2.18. The molecule has 0 unspecified atom stereocenters. The number of benzene rings is 2. The number of hydrogen-bond acceptors (Lipinski definition) is 9. The maximum atomic E-state index is 13.0. The molecule has 0 saturated heterocycles. The molecule has 11 nitrogen and oxygen atoms in total. The Morgan fingerprint density at radius 2 is 1.94 bits per heavy atom. The average molecular weight is 443 g/mol. The van der Waals surface area contributed by atoms with E-state index in [0.29, 0.717) is 35.1 Å². The Balaban J connectivity index is 1.26. The van der Waals surface area contributed by atoms with Crippen LogP contribution < -0.4 is 15.0 Å². The monoisotopic (exact) mass is 443 g/mol. The Morgan fingerprint density at radius 3 is 2.85 bits per heavy atom. The van der Waals surface area contributed by atoms with E-state index in [0.717, 1.165) is 11.1 Å². The minimum absolute atomic E-state index is 0.0595. The second-order valence-electron chi connectivity index (χ2n) is 7.60. The third kappa shape index (κ3) is 3.39. The fraction of sp³-hybridized carbons (Fsp3) is 0.182. The molecule has 3 aromatic heterocycles. The van der Waals surface area contributed by atoms with Gasteiger partial charge in [-0.2, -0.15) is 4.98 Å². The molecule has 0 radical (unpaired) electrons. The van der Waals surface area contributed by atoms with Crippen LogP contribution in [0.25, 0.3) is 22.6 Å². The first-order valence-electron chi connectivity index (χ1n) is 10.2. The van der Waals surface area contributed by atoms with Crippen molar-refractivity contribution in [2.45, 2.75) is 20.0 Å². The van der Waals surface area contributed by atoms with Crippen LogP contribution in [0.15, 0.2) is 58.1 Å². The Hall–Kier alpha value is -4.54. The molecule has 0 fully saturated rings. The third-order valence-corrected chi connectivity index (χ3v) is 5.48. The van der Waals surface area contributed by atoms with Crippen molar-refractivity contribution in [2.75, 3.05) is 6.79 Å². The van der Waals surface area contributed by atoms with Crippen LogP contribution in [-0.4, -0.2) is 41.5 Å². The number of nitrogens with zero attached hydrogens (tertiary/aromatic N) is 7. The maximum absolute atomic E-state index is 13.0. The van der Waals surface area contributed by atoms with E-state index < -0.39 is 0 Å². The summed E-state index contributed by atoms with van der Waals surface area (Å²) in [4.78, 5) is 21.8. The van der Waals surface area contributed by atoms with Gasteiger partial charge in [-0.05, 0) is 36.2 Å². The molecule has 11 heteroatoms. The quantitative estimate of drug-likeness (QED) is 0.402. The molecule has 1 aliphatic heterocycles. The van der Waals surface area contributed by atoms with Crippen LogP contribution >= 0.6 is 0 Å². The zero-order valence-corrected chi connectivity index (χ0v) is 17.5. The van der Waals surface area contributed by atoms with Crippen LogP contribution in [0, 0.1) is 6.92 Å². The van der Waals surface area contributed by atoms with Crippen LogP contribution in [0.1, 0.15) is 17.0 Å². The summed E-state index contributed by atoms with van der Waals surface area (Å²) in [5, 5.41) is 12.2. The number of ether oxygens (including phenoxy) is 2. The van der Waals surface area contributed by atoms with Gasteiger partial charge in [0.15, 0.2) is 22.7 Å². The van der Waals surface area contributed by atoms with Crippen molar-refractivity contribution in [1.29, 1.82) is 0 Å². The number of rotatable bonds is 5. The Kier molecular flexibility index (Phi) is 4.39. The molecule has 0 bridgehead atoms. The molecule has 0 N–H and O–H groups in total. The predicted molar refractivity (Wildman–Crippen MR) is 115 cm³/mol.